The number of carboxylic acids is 1. The second kappa shape index (κ2) is 4.25. The topological polar surface area (TPSA) is 63.1 Å². The third kappa shape index (κ3) is 2.19. The summed E-state index contributed by atoms with van der Waals surface area (Å²) >= 11 is 1.36. The molecule has 2 aromatic heterocycles. The predicted octanol–water partition coefficient (Wildman–Crippen LogP) is 2.83. The first-order valence-corrected chi connectivity index (χ1v) is 5.95. The summed E-state index contributed by atoms with van der Waals surface area (Å²) in [6.07, 6.45) is 1.76. The number of thiazole rings is 1. The summed E-state index contributed by atoms with van der Waals surface area (Å²) in [6.45, 7) is 5.68. The minimum Gasteiger partial charge on any atom is -0.476 e. The number of aromatic carboxylic acids is 1. The van der Waals surface area contributed by atoms with Crippen LogP contribution in [-0.4, -0.2) is 21.0 Å². The summed E-state index contributed by atoms with van der Waals surface area (Å²) in [4.78, 5) is 20.1. The highest BCUT2D eigenvalue weighted by molar-refractivity contribution is 7.15. The third-order valence-electron chi connectivity index (χ3n) is 2.42. The summed E-state index contributed by atoms with van der Waals surface area (Å²) in [5, 5.41) is 9.63. The van der Waals surface area contributed by atoms with Gasteiger partial charge in [0.05, 0.1) is 0 Å². The number of carboxylic acid groups (broad SMARTS) is 1. The molecule has 0 spiro atoms. The number of hydrogen-bond acceptors (Lipinski definition) is 4. The highest BCUT2D eigenvalue weighted by Crippen LogP contribution is 2.28. The van der Waals surface area contributed by atoms with E-state index in [4.69, 9.17) is 5.11 Å². The lowest BCUT2D eigenvalue weighted by Gasteiger charge is -2.01. The van der Waals surface area contributed by atoms with E-state index in [1.54, 1.807) is 13.1 Å². The second-order valence-electron chi connectivity index (χ2n) is 3.91. The Morgan fingerprint density at radius 3 is 2.59 bits per heavy atom. The van der Waals surface area contributed by atoms with Gasteiger partial charge in [-0.05, 0) is 31.9 Å². The number of nitrogens with zero attached hydrogens (tertiary/aromatic N) is 2. The van der Waals surface area contributed by atoms with E-state index in [0.717, 1.165) is 16.8 Å². The lowest BCUT2D eigenvalue weighted by molar-refractivity contribution is 0.0690. The molecule has 2 aromatic rings. The normalized spacial score (nSPS) is 10.5. The number of rotatable bonds is 2. The fraction of sp³-hybridized carbons (Fsp3) is 0.250. The van der Waals surface area contributed by atoms with Gasteiger partial charge in [-0.15, -0.1) is 11.3 Å². The lowest BCUT2D eigenvalue weighted by Crippen LogP contribution is -1.98. The summed E-state index contributed by atoms with van der Waals surface area (Å²) in [5.74, 6) is -0.991. The van der Waals surface area contributed by atoms with Crippen LogP contribution in [0.3, 0.4) is 0 Å². The van der Waals surface area contributed by atoms with E-state index in [-0.39, 0.29) is 5.69 Å². The van der Waals surface area contributed by atoms with Crippen LogP contribution in [0.2, 0.25) is 0 Å². The van der Waals surface area contributed by atoms with Crippen LogP contribution < -0.4 is 0 Å². The van der Waals surface area contributed by atoms with Crippen molar-refractivity contribution in [2.45, 2.75) is 20.8 Å². The second-order valence-corrected chi connectivity index (χ2v) is 5.11. The van der Waals surface area contributed by atoms with Gasteiger partial charge in [0, 0.05) is 11.1 Å². The van der Waals surface area contributed by atoms with Crippen LogP contribution >= 0.6 is 11.3 Å². The molecule has 17 heavy (non-hydrogen) atoms. The molecule has 0 radical (unpaired) electrons. The Morgan fingerprint density at radius 2 is 2.06 bits per heavy atom. The van der Waals surface area contributed by atoms with Crippen LogP contribution in [0.25, 0.3) is 10.7 Å². The maximum absolute atomic E-state index is 10.9. The zero-order valence-electron chi connectivity index (χ0n) is 9.81. The molecule has 4 nitrogen and oxygen atoms in total. The molecule has 0 aliphatic rings. The summed E-state index contributed by atoms with van der Waals surface area (Å²) < 4.78 is 0. The predicted molar refractivity (Wildman–Crippen MR) is 66.5 cm³/mol. The molecule has 0 aliphatic heterocycles. The molecule has 1 N–H and O–H groups in total. The Bertz CT molecular complexity index is 590. The Hall–Kier alpha value is -1.75. The minimum atomic E-state index is -0.991. The van der Waals surface area contributed by atoms with E-state index in [9.17, 15) is 4.79 Å². The van der Waals surface area contributed by atoms with E-state index >= 15 is 0 Å². The van der Waals surface area contributed by atoms with E-state index in [1.165, 1.54) is 11.3 Å². The molecule has 0 saturated carbocycles. The minimum absolute atomic E-state index is 0.117. The van der Waals surface area contributed by atoms with Gasteiger partial charge < -0.3 is 5.11 Å². The number of aryl methyl sites for hydroxylation is 3. The molecule has 2 rings (SSSR count). The number of carbonyl (C=O) groups is 1. The van der Waals surface area contributed by atoms with E-state index < -0.39 is 5.97 Å². The van der Waals surface area contributed by atoms with Gasteiger partial charge in [0.25, 0.3) is 0 Å². The standard InChI is InChI=1S/C12H12N2O2S/c1-6-4-7(2)9(13-5-6)11-14-10(12(15)16)8(3)17-11/h4-5H,1-3H3,(H,15,16). The smallest absolute Gasteiger partial charge is 0.355 e. The van der Waals surface area contributed by atoms with Crippen molar-refractivity contribution in [2.75, 3.05) is 0 Å². The highest BCUT2D eigenvalue weighted by atomic mass is 32.1. The van der Waals surface area contributed by atoms with Crippen molar-refractivity contribution < 1.29 is 9.90 Å². The van der Waals surface area contributed by atoms with Gasteiger partial charge >= 0.3 is 5.97 Å². The van der Waals surface area contributed by atoms with Crippen LogP contribution in [-0.2, 0) is 0 Å². The van der Waals surface area contributed by atoms with Crippen LogP contribution in [0, 0.1) is 20.8 Å². The van der Waals surface area contributed by atoms with Gasteiger partial charge in [0.15, 0.2) is 5.69 Å². The van der Waals surface area contributed by atoms with Gasteiger partial charge in [-0.3, -0.25) is 4.98 Å². The zero-order valence-corrected chi connectivity index (χ0v) is 10.6. The molecular formula is C12H12N2O2S. The lowest BCUT2D eigenvalue weighted by atomic mass is 10.2. The Morgan fingerprint density at radius 1 is 1.35 bits per heavy atom. The maximum atomic E-state index is 10.9. The molecule has 88 valence electrons. The van der Waals surface area contributed by atoms with Gasteiger partial charge in [-0.1, -0.05) is 6.07 Å². The van der Waals surface area contributed by atoms with Crippen molar-refractivity contribution in [3.05, 3.63) is 34.0 Å². The average Bonchev–Trinajstić information content (AvgIpc) is 2.60. The van der Waals surface area contributed by atoms with E-state index in [0.29, 0.717) is 9.88 Å². The first kappa shape index (κ1) is 11.7. The summed E-state index contributed by atoms with van der Waals surface area (Å²) in [7, 11) is 0. The number of hydrogen-bond donors (Lipinski definition) is 1. The maximum Gasteiger partial charge on any atom is 0.355 e. The molecule has 0 aliphatic carbocycles. The molecule has 0 saturated heterocycles. The largest absolute Gasteiger partial charge is 0.476 e. The number of aromatic nitrogens is 2. The monoisotopic (exact) mass is 248 g/mol. The van der Waals surface area contributed by atoms with Crippen molar-refractivity contribution in [1.82, 2.24) is 9.97 Å². The molecule has 0 bridgehead atoms. The Kier molecular flexibility index (Phi) is 2.93. The molecule has 5 heteroatoms. The molecule has 0 aromatic carbocycles. The highest BCUT2D eigenvalue weighted by Gasteiger charge is 2.16. The molecule has 0 fully saturated rings. The van der Waals surface area contributed by atoms with Crippen LogP contribution in [0.1, 0.15) is 26.5 Å². The Balaban J connectivity index is 2.53. The third-order valence-corrected chi connectivity index (χ3v) is 3.39. The fourth-order valence-corrected chi connectivity index (χ4v) is 2.60. The van der Waals surface area contributed by atoms with E-state index in [2.05, 4.69) is 9.97 Å². The summed E-state index contributed by atoms with van der Waals surface area (Å²) in [5.41, 5.74) is 2.97. The first-order valence-electron chi connectivity index (χ1n) is 5.13. The molecule has 0 amide bonds. The van der Waals surface area contributed by atoms with Crippen molar-refractivity contribution >= 4 is 17.3 Å². The van der Waals surface area contributed by atoms with Crippen LogP contribution in [0.4, 0.5) is 0 Å². The van der Waals surface area contributed by atoms with Gasteiger partial charge in [-0.2, -0.15) is 0 Å². The van der Waals surface area contributed by atoms with Crippen LogP contribution in [0.15, 0.2) is 12.3 Å². The van der Waals surface area contributed by atoms with Gasteiger partial charge in [0.1, 0.15) is 10.7 Å². The average molecular weight is 248 g/mol. The first-order chi connectivity index (χ1) is 7.99. The van der Waals surface area contributed by atoms with Crippen molar-refractivity contribution in [3.63, 3.8) is 0 Å². The molecule has 0 atom stereocenters. The van der Waals surface area contributed by atoms with Crippen molar-refractivity contribution in [2.24, 2.45) is 0 Å². The summed E-state index contributed by atoms with van der Waals surface area (Å²) in [6, 6.07) is 2.01. The molecular weight excluding hydrogens is 236 g/mol. The zero-order chi connectivity index (χ0) is 12.6. The Labute approximate surface area is 103 Å². The quantitative estimate of drug-likeness (QED) is 0.887. The number of pyridine rings is 1. The van der Waals surface area contributed by atoms with Gasteiger partial charge in [0.2, 0.25) is 0 Å². The SMILES string of the molecule is Cc1cnc(-c2nc(C(=O)O)c(C)s2)c(C)c1. The van der Waals surface area contributed by atoms with E-state index in [1.807, 2.05) is 19.9 Å². The molecule has 2 heterocycles. The fourth-order valence-electron chi connectivity index (χ4n) is 1.64. The molecule has 0 unspecified atom stereocenters. The van der Waals surface area contributed by atoms with Crippen molar-refractivity contribution in [1.29, 1.82) is 0 Å². The van der Waals surface area contributed by atoms with Crippen LogP contribution in [0.5, 0.6) is 0 Å². The van der Waals surface area contributed by atoms with Gasteiger partial charge in [-0.25, -0.2) is 9.78 Å². The van der Waals surface area contributed by atoms with Crippen molar-refractivity contribution in [3.8, 4) is 10.7 Å².